The van der Waals surface area contributed by atoms with Crippen LogP contribution in [0.1, 0.15) is 28.2 Å². The van der Waals surface area contributed by atoms with E-state index in [1.165, 1.54) is 26.4 Å². The topological polar surface area (TPSA) is 74.5 Å². The molecule has 0 aliphatic carbocycles. The molecule has 1 aromatic heterocycles. The number of halogens is 4. The molecule has 0 atom stereocenters. The summed E-state index contributed by atoms with van der Waals surface area (Å²) in [5.74, 6) is -2.19. The highest BCUT2D eigenvalue weighted by molar-refractivity contribution is 5.96. The van der Waals surface area contributed by atoms with Crippen LogP contribution >= 0.6 is 0 Å². The molecule has 0 unspecified atom stereocenters. The molecule has 3 aromatic rings. The molecule has 0 saturated carbocycles. The Morgan fingerprint density at radius 3 is 2.47 bits per heavy atom. The number of carbonyl (C=O) groups is 1. The molecule has 0 bridgehead atoms. The summed E-state index contributed by atoms with van der Waals surface area (Å²) in [5.41, 5.74) is 0.515. The van der Waals surface area contributed by atoms with Crippen LogP contribution in [-0.4, -0.2) is 30.1 Å². The lowest BCUT2D eigenvalue weighted by atomic mass is 10.0. The summed E-state index contributed by atoms with van der Waals surface area (Å²) in [6, 6.07) is 8.48. The van der Waals surface area contributed by atoms with Gasteiger partial charge in [0.2, 0.25) is 5.82 Å². The van der Waals surface area contributed by atoms with E-state index >= 15 is 0 Å². The maximum absolute atomic E-state index is 14.4. The molecule has 0 saturated heterocycles. The third kappa shape index (κ3) is 4.58. The van der Waals surface area contributed by atoms with Crippen molar-refractivity contribution in [3.8, 4) is 22.9 Å². The fourth-order valence-electron chi connectivity index (χ4n) is 2.78. The van der Waals surface area contributed by atoms with Crippen LogP contribution in [0.3, 0.4) is 0 Å². The number of hydrogen-bond donors (Lipinski definition) is 0. The van der Waals surface area contributed by atoms with Crippen molar-refractivity contribution in [3.63, 3.8) is 0 Å². The first-order valence-corrected chi connectivity index (χ1v) is 8.68. The molecule has 0 spiro atoms. The van der Waals surface area contributed by atoms with Crippen LogP contribution in [0.15, 0.2) is 40.9 Å². The van der Waals surface area contributed by atoms with E-state index in [2.05, 4.69) is 14.7 Å². The van der Waals surface area contributed by atoms with Crippen molar-refractivity contribution in [1.82, 2.24) is 10.1 Å². The average molecular weight is 424 g/mol. The van der Waals surface area contributed by atoms with Gasteiger partial charge in [-0.05, 0) is 30.2 Å². The monoisotopic (exact) mass is 424 g/mol. The van der Waals surface area contributed by atoms with Gasteiger partial charge in [-0.3, -0.25) is 4.79 Å². The molecule has 2 aromatic carbocycles. The summed E-state index contributed by atoms with van der Waals surface area (Å²) >= 11 is 0. The molecular formula is C20H16F4N2O4. The third-order valence-electron chi connectivity index (χ3n) is 4.31. The molecular weight excluding hydrogens is 408 g/mol. The number of Topliss-reactive ketones (excluding diaryl/α,β-unsaturated/α-hetero) is 1. The van der Waals surface area contributed by atoms with E-state index < -0.39 is 29.5 Å². The minimum Gasteiger partial charge on any atom is -0.497 e. The van der Waals surface area contributed by atoms with Crippen LogP contribution in [0.25, 0.3) is 11.4 Å². The Hall–Kier alpha value is -3.43. The van der Waals surface area contributed by atoms with Gasteiger partial charge >= 0.3 is 12.1 Å². The van der Waals surface area contributed by atoms with Gasteiger partial charge in [-0.15, -0.1) is 0 Å². The number of nitrogens with zero attached hydrogens (tertiary/aromatic N) is 2. The van der Waals surface area contributed by atoms with E-state index in [9.17, 15) is 22.4 Å². The molecule has 6 nitrogen and oxygen atoms in total. The minimum atomic E-state index is -4.80. The third-order valence-corrected chi connectivity index (χ3v) is 4.31. The van der Waals surface area contributed by atoms with Crippen LogP contribution in [0.5, 0.6) is 11.5 Å². The van der Waals surface area contributed by atoms with Crippen LogP contribution < -0.4 is 9.47 Å². The zero-order valence-electron chi connectivity index (χ0n) is 15.9. The van der Waals surface area contributed by atoms with E-state index in [1.54, 1.807) is 18.2 Å². The van der Waals surface area contributed by atoms with E-state index in [-0.39, 0.29) is 17.5 Å². The molecule has 30 heavy (non-hydrogen) atoms. The van der Waals surface area contributed by atoms with Crippen molar-refractivity contribution < 1.29 is 36.4 Å². The first-order valence-electron chi connectivity index (χ1n) is 8.68. The van der Waals surface area contributed by atoms with E-state index in [0.29, 0.717) is 17.9 Å². The van der Waals surface area contributed by atoms with Crippen LogP contribution in [0, 0.1) is 5.82 Å². The average Bonchev–Trinajstić information content (AvgIpc) is 3.22. The Morgan fingerprint density at radius 2 is 1.87 bits per heavy atom. The molecule has 0 N–H and O–H groups in total. The number of methoxy groups -OCH3 is 2. The van der Waals surface area contributed by atoms with Gasteiger partial charge < -0.3 is 14.0 Å². The smallest absolute Gasteiger partial charge is 0.471 e. The molecule has 0 aliphatic rings. The van der Waals surface area contributed by atoms with E-state index in [1.807, 2.05) is 0 Å². The molecule has 0 aliphatic heterocycles. The molecule has 3 rings (SSSR count). The van der Waals surface area contributed by atoms with E-state index in [0.717, 1.165) is 11.6 Å². The highest BCUT2D eigenvalue weighted by Gasteiger charge is 2.38. The first-order chi connectivity index (χ1) is 14.2. The second-order valence-corrected chi connectivity index (χ2v) is 6.22. The largest absolute Gasteiger partial charge is 0.497 e. The van der Waals surface area contributed by atoms with Crippen molar-refractivity contribution in [2.75, 3.05) is 14.2 Å². The number of ether oxygens (including phenoxy) is 2. The summed E-state index contributed by atoms with van der Waals surface area (Å²) in [4.78, 5) is 15.6. The fraction of sp³-hybridized carbons (Fsp3) is 0.250. The summed E-state index contributed by atoms with van der Waals surface area (Å²) in [7, 11) is 3.00. The number of ketones is 1. The quantitative estimate of drug-likeness (QED) is 0.403. The second-order valence-electron chi connectivity index (χ2n) is 6.22. The van der Waals surface area contributed by atoms with Crippen LogP contribution in [0.4, 0.5) is 17.6 Å². The van der Waals surface area contributed by atoms with Gasteiger partial charge in [0.1, 0.15) is 17.3 Å². The van der Waals surface area contributed by atoms with Gasteiger partial charge in [-0.1, -0.05) is 17.3 Å². The predicted octanol–water partition coefficient (Wildman–Crippen LogP) is 4.73. The summed E-state index contributed by atoms with van der Waals surface area (Å²) in [5, 5.41) is 3.20. The van der Waals surface area contributed by atoms with Gasteiger partial charge in [0.15, 0.2) is 5.78 Å². The Bertz CT molecular complexity index is 1060. The molecule has 1 heterocycles. The zero-order chi connectivity index (χ0) is 21.9. The lowest BCUT2D eigenvalue weighted by molar-refractivity contribution is -0.159. The number of rotatable bonds is 7. The molecule has 10 heteroatoms. The van der Waals surface area contributed by atoms with Crippen molar-refractivity contribution in [1.29, 1.82) is 0 Å². The standard InChI is InChI=1S/C20H16F4N2O4/c1-28-13-6-3-11(17(10-13)29-2)5-8-16(27)14-7-4-12(9-15(14)21)18-25-19(30-26-18)20(22,23)24/h3-4,6-7,9-10H,5,8H2,1-2H3. The maximum Gasteiger partial charge on any atom is 0.471 e. The molecule has 0 radical (unpaired) electrons. The van der Waals surface area contributed by atoms with Gasteiger partial charge in [0, 0.05) is 18.1 Å². The summed E-state index contributed by atoms with van der Waals surface area (Å²) < 4.78 is 66.6. The molecule has 158 valence electrons. The molecule has 0 amide bonds. The lowest BCUT2D eigenvalue weighted by Crippen LogP contribution is -2.06. The van der Waals surface area contributed by atoms with Crippen molar-refractivity contribution in [2.24, 2.45) is 0 Å². The highest BCUT2D eigenvalue weighted by atomic mass is 19.4. The Balaban J connectivity index is 1.74. The fourth-order valence-corrected chi connectivity index (χ4v) is 2.78. The van der Waals surface area contributed by atoms with Gasteiger partial charge in [-0.2, -0.15) is 18.2 Å². The Morgan fingerprint density at radius 1 is 1.10 bits per heavy atom. The number of benzene rings is 2. The van der Waals surface area contributed by atoms with Gasteiger partial charge in [0.25, 0.3) is 0 Å². The van der Waals surface area contributed by atoms with Crippen molar-refractivity contribution in [2.45, 2.75) is 19.0 Å². The van der Waals surface area contributed by atoms with Gasteiger partial charge in [0.05, 0.1) is 19.8 Å². The second kappa shape index (κ2) is 8.52. The van der Waals surface area contributed by atoms with Gasteiger partial charge in [-0.25, -0.2) is 4.39 Å². The van der Waals surface area contributed by atoms with Crippen molar-refractivity contribution in [3.05, 3.63) is 59.2 Å². The highest BCUT2D eigenvalue weighted by Crippen LogP contribution is 2.30. The molecule has 0 fully saturated rings. The van der Waals surface area contributed by atoms with Crippen LogP contribution in [-0.2, 0) is 12.6 Å². The number of hydrogen-bond acceptors (Lipinski definition) is 6. The number of aryl methyl sites for hydroxylation is 1. The lowest BCUT2D eigenvalue weighted by Gasteiger charge is -2.10. The summed E-state index contributed by atoms with van der Waals surface area (Å²) in [6.07, 6.45) is -4.51. The van der Waals surface area contributed by atoms with E-state index in [4.69, 9.17) is 9.47 Å². The number of alkyl halides is 3. The minimum absolute atomic E-state index is 0.000607. The summed E-state index contributed by atoms with van der Waals surface area (Å²) in [6.45, 7) is 0. The zero-order valence-corrected chi connectivity index (χ0v) is 15.9. The SMILES string of the molecule is COc1ccc(CCC(=O)c2ccc(-c3noc(C(F)(F)F)n3)cc2F)c(OC)c1. The first kappa shape index (κ1) is 21.3. The predicted molar refractivity (Wildman–Crippen MR) is 96.9 cm³/mol. The Labute approximate surface area is 168 Å². The van der Waals surface area contributed by atoms with Crippen molar-refractivity contribution >= 4 is 5.78 Å². The Kier molecular flexibility index (Phi) is 6.04. The maximum atomic E-state index is 14.4. The number of aromatic nitrogens is 2. The normalized spacial score (nSPS) is 11.4. The number of carbonyl (C=O) groups excluding carboxylic acids is 1. The van der Waals surface area contributed by atoms with Crippen LogP contribution in [0.2, 0.25) is 0 Å².